The van der Waals surface area contributed by atoms with Gasteiger partial charge >= 0.3 is 6.09 Å². The van der Waals surface area contributed by atoms with E-state index in [1.165, 1.54) is 17.6 Å². The van der Waals surface area contributed by atoms with Gasteiger partial charge in [-0.1, -0.05) is 12.1 Å². The fraction of sp³-hybridized carbons (Fsp3) is 0.600. The van der Waals surface area contributed by atoms with Gasteiger partial charge in [0.15, 0.2) is 0 Å². The lowest BCUT2D eigenvalue weighted by Gasteiger charge is -2.27. The number of nitrogens with zero attached hydrogens (tertiary/aromatic N) is 1. The van der Waals surface area contributed by atoms with Crippen LogP contribution >= 0.6 is 11.8 Å². The molecule has 0 saturated carbocycles. The highest BCUT2D eigenvalue weighted by atomic mass is 32.2. The van der Waals surface area contributed by atoms with Crippen LogP contribution in [0.15, 0.2) is 24.3 Å². The first-order chi connectivity index (χ1) is 13.2. The summed E-state index contributed by atoms with van der Waals surface area (Å²) in [6.45, 7) is 6.03. The molecule has 156 valence electrons. The number of benzene rings is 1. The first kappa shape index (κ1) is 22.4. The molecule has 1 aromatic rings. The zero-order valence-electron chi connectivity index (χ0n) is 17.2. The number of hydrogen-bond acceptors (Lipinski definition) is 6. The number of amides is 2. The van der Waals surface area contributed by atoms with Crippen LogP contribution in [-0.4, -0.2) is 61.3 Å². The van der Waals surface area contributed by atoms with Gasteiger partial charge in [-0.2, -0.15) is 11.8 Å². The number of carbonyl (C=O) groups is 2. The highest BCUT2D eigenvalue weighted by Crippen LogP contribution is 2.31. The van der Waals surface area contributed by atoms with Crippen molar-refractivity contribution < 1.29 is 23.8 Å². The van der Waals surface area contributed by atoms with Crippen molar-refractivity contribution in [2.45, 2.75) is 49.8 Å². The molecule has 0 unspecified atom stereocenters. The van der Waals surface area contributed by atoms with Crippen molar-refractivity contribution in [1.82, 2.24) is 10.2 Å². The highest BCUT2D eigenvalue weighted by Gasteiger charge is 2.41. The third-order valence-corrected chi connectivity index (χ3v) is 5.54. The molecule has 2 amide bonds. The molecule has 0 aromatic heterocycles. The molecule has 7 nitrogen and oxygen atoms in total. The summed E-state index contributed by atoms with van der Waals surface area (Å²) in [4.78, 5) is 26.7. The van der Waals surface area contributed by atoms with E-state index in [1.807, 2.05) is 45.0 Å². The molecule has 1 heterocycles. The Labute approximate surface area is 171 Å². The van der Waals surface area contributed by atoms with Gasteiger partial charge in [-0.05, 0) is 44.9 Å². The zero-order valence-corrected chi connectivity index (χ0v) is 18.0. The van der Waals surface area contributed by atoms with Crippen LogP contribution in [0.4, 0.5) is 4.79 Å². The SMILES string of the molecule is COCNC(=O)[C@@H]1C[C@@H](SCc2ccc(OC)cc2)CN1C(=O)OC(C)(C)C. The van der Waals surface area contributed by atoms with Crippen molar-refractivity contribution in [1.29, 1.82) is 0 Å². The summed E-state index contributed by atoms with van der Waals surface area (Å²) in [6, 6.07) is 7.35. The molecule has 1 N–H and O–H groups in total. The van der Waals surface area contributed by atoms with Crippen molar-refractivity contribution in [3.05, 3.63) is 29.8 Å². The molecular weight excluding hydrogens is 380 g/mol. The third-order valence-electron chi connectivity index (χ3n) is 4.23. The second-order valence-electron chi connectivity index (χ2n) is 7.64. The third kappa shape index (κ3) is 6.60. The van der Waals surface area contributed by atoms with Gasteiger partial charge in [-0.15, -0.1) is 0 Å². The maximum Gasteiger partial charge on any atom is 0.411 e. The van der Waals surface area contributed by atoms with Crippen LogP contribution in [0.25, 0.3) is 0 Å². The van der Waals surface area contributed by atoms with Crippen LogP contribution in [0.1, 0.15) is 32.8 Å². The standard InChI is InChI=1S/C20H30N2O5S/c1-20(2,3)27-19(24)22-11-16(10-17(22)18(23)21-13-25-4)28-12-14-6-8-15(26-5)9-7-14/h6-9,16-17H,10-13H2,1-5H3,(H,21,23)/t16-,17+/m1/s1. The summed E-state index contributed by atoms with van der Waals surface area (Å²) < 4.78 is 15.6. The summed E-state index contributed by atoms with van der Waals surface area (Å²) in [7, 11) is 3.15. The fourth-order valence-corrected chi connectivity index (χ4v) is 4.09. The Balaban J connectivity index is 2.01. The monoisotopic (exact) mass is 410 g/mol. The Kier molecular flexibility index (Phi) is 8.00. The molecule has 1 aliphatic rings. The molecule has 0 spiro atoms. The van der Waals surface area contributed by atoms with Gasteiger partial charge in [0.05, 0.1) is 7.11 Å². The molecular formula is C20H30N2O5S. The van der Waals surface area contributed by atoms with Crippen LogP contribution in [0.2, 0.25) is 0 Å². The quantitative estimate of drug-likeness (QED) is 0.697. The minimum Gasteiger partial charge on any atom is -0.497 e. The minimum atomic E-state index is -0.612. The summed E-state index contributed by atoms with van der Waals surface area (Å²) in [5.41, 5.74) is 0.556. The molecule has 0 radical (unpaired) electrons. The van der Waals surface area contributed by atoms with E-state index < -0.39 is 17.7 Å². The first-order valence-electron chi connectivity index (χ1n) is 9.24. The topological polar surface area (TPSA) is 77.1 Å². The summed E-state index contributed by atoms with van der Waals surface area (Å²) in [6.07, 6.45) is 0.118. The van der Waals surface area contributed by atoms with E-state index >= 15 is 0 Å². The molecule has 1 aromatic carbocycles. The molecule has 0 aliphatic carbocycles. The average Bonchev–Trinajstić information content (AvgIpc) is 3.08. The number of rotatable bonds is 7. The minimum absolute atomic E-state index is 0.112. The number of methoxy groups -OCH3 is 2. The van der Waals surface area contributed by atoms with Crippen molar-refractivity contribution in [3.8, 4) is 5.75 Å². The van der Waals surface area contributed by atoms with Crippen LogP contribution in [-0.2, 0) is 20.0 Å². The van der Waals surface area contributed by atoms with Crippen LogP contribution in [0, 0.1) is 0 Å². The van der Waals surface area contributed by atoms with Crippen molar-refractivity contribution >= 4 is 23.8 Å². The van der Waals surface area contributed by atoms with Gasteiger partial charge in [-0.3, -0.25) is 9.69 Å². The van der Waals surface area contributed by atoms with Gasteiger partial charge in [-0.25, -0.2) is 4.79 Å². The number of thioether (sulfide) groups is 1. The van der Waals surface area contributed by atoms with E-state index in [4.69, 9.17) is 14.2 Å². The van der Waals surface area contributed by atoms with Gasteiger partial charge in [0.2, 0.25) is 5.91 Å². The molecule has 1 fully saturated rings. The van der Waals surface area contributed by atoms with E-state index in [1.54, 1.807) is 18.9 Å². The lowest BCUT2D eigenvalue weighted by Crippen LogP contribution is -2.47. The molecule has 2 atom stereocenters. The molecule has 28 heavy (non-hydrogen) atoms. The molecule has 1 aliphatic heterocycles. The molecule has 2 rings (SSSR count). The van der Waals surface area contributed by atoms with E-state index in [2.05, 4.69) is 5.32 Å². The molecule has 8 heteroatoms. The van der Waals surface area contributed by atoms with Gasteiger partial charge in [0.1, 0.15) is 24.1 Å². The second kappa shape index (κ2) is 10.0. The van der Waals surface area contributed by atoms with Crippen molar-refractivity contribution in [2.75, 3.05) is 27.5 Å². The largest absolute Gasteiger partial charge is 0.497 e. The fourth-order valence-electron chi connectivity index (χ4n) is 2.89. The van der Waals surface area contributed by atoms with Gasteiger partial charge < -0.3 is 19.5 Å². The summed E-state index contributed by atoms with van der Waals surface area (Å²) in [5, 5.41) is 2.84. The van der Waals surface area contributed by atoms with E-state index in [0.717, 1.165) is 11.5 Å². The zero-order chi connectivity index (χ0) is 20.7. The Morgan fingerprint density at radius 1 is 1.21 bits per heavy atom. The Bertz CT molecular complexity index is 660. The normalized spacial score (nSPS) is 19.4. The number of carbonyl (C=O) groups excluding carboxylic acids is 2. The van der Waals surface area contributed by atoms with Crippen molar-refractivity contribution in [2.24, 2.45) is 0 Å². The highest BCUT2D eigenvalue weighted by molar-refractivity contribution is 7.99. The van der Waals surface area contributed by atoms with E-state index in [9.17, 15) is 9.59 Å². The van der Waals surface area contributed by atoms with Crippen LogP contribution in [0.5, 0.6) is 5.75 Å². The van der Waals surface area contributed by atoms with Gasteiger partial charge in [0.25, 0.3) is 0 Å². The maximum absolute atomic E-state index is 12.6. The predicted octanol–water partition coefficient (Wildman–Crippen LogP) is 3.03. The van der Waals surface area contributed by atoms with Crippen LogP contribution < -0.4 is 10.1 Å². The summed E-state index contributed by atoms with van der Waals surface area (Å²) in [5.74, 6) is 1.39. The molecule has 1 saturated heterocycles. The van der Waals surface area contributed by atoms with Crippen LogP contribution in [0.3, 0.4) is 0 Å². The average molecular weight is 411 g/mol. The summed E-state index contributed by atoms with van der Waals surface area (Å²) >= 11 is 1.73. The number of nitrogens with one attached hydrogen (secondary N) is 1. The Morgan fingerprint density at radius 3 is 2.46 bits per heavy atom. The Morgan fingerprint density at radius 2 is 1.89 bits per heavy atom. The Hall–Kier alpha value is -1.93. The smallest absolute Gasteiger partial charge is 0.411 e. The maximum atomic E-state index is 12.6. The van der Waals surface area contributed by atoms with Gasteiger partial charge in [0, 0.05) is 24.7 Å². The van der Waals surface area contributed by atoms with E-state index in [-0.39, 0.29) is 17.9 Å². The van der Waals surface area contributed by atoms with E-state index in [0.29, 0.717) is 13.0 Å². The lowest BCUT2D eigenvalue weighted by atomic mass is 10.2. The number of ether oxygens (including phenoxy) is 3. The number of likely N-dealkylation sites (tertiary alicyclic amines) is 1. The van der Waals surface area contributed by atoms with Crippen molar-refractivity contribution in [3.63, 3.8) is 0 Å². The lowest BCUT2D eigenvalue weighted by molar-refractivity contribution is -0.126. The number of hydrogen-bond donors (Lipinski definition) is 1. The molecule has 0 bridgehead atoms. The first-order valence-corrected chi connectivity index (χ1v) is 10.3. The second-order valence-corrected chi connectivity index (χ2v) is 8.93. The predicted molar refractivity (Wildman–Crippen MR) is 109 cm³/mol.